The normalized spacial score (nSPS) is 11.6. The molecule has 0 unspecified atom stereocenters. The standard InChI is InChI=1S/C27H29N3O4S/c1-18-6-8-19(9-7-18)15-30-16-22(27(28)29-34-11-4-5-20-10-12-35-17-20)26(31)21-13-24(32-2)25(33-3)14-23(21)30/h6-10,12-14,16-17H,4-5,11,15H2,1-3H3,(H2,28,29). The van der Waals surface area contributed by atoms with Gasteiger partial charge in [-0.05, 0) is 53.8 Å². The van der Waals surface area contributed by atoms with Gasteiger partial charge in [-0.15, -0.1) is 0 Å². The molecule has 0 atom stereocenters. The van der Waals surface area contributed by atoms with Crippen LogP contribution in [0.25, 0.3) is 10.9 Å². The first kappa shape index (κ1) is 24.3. The first-order valence-corrected chi connectivity index (χ1v) is 12.3. The Morgan fingerprint density at radius 2 is 1.80 bits per heavy atom. The highest BCUT2D eigenvalue weighted by atomic mass is 32.1. The van der Waals surface area contributed by atoms with E-state index in [2.05, 4.69) is 46.2 Å². The lowest BCUT2D eigenvalue weighted by Crippen LogP contribution is -2.26. The summed E-state index contributed by atoms with van der Waals surface area (Å²) in [7, 11) is 3.11. The summed E-state index contributed by atoms with van der Waals surface area (Å²) >= 11 is 1.67. The second-order valence-corrected chi connectivity index (χ2v) is 9.03. The predicted molar refractivity (Wildman–Crippen MR) is 141 cm³/mol. The fourth-order valence-electron chi connectivity index (χ4n) is 3.86. The molecule has 4 aromatic rings. The lowest BCUT2D eigenvalue weighted by Gasteiger charge is -2.16. The summed E-state index contributed by atoms with van der Waals surface area (Å²) in [6.45, 7) is 2.99. The smallest absolute Gasteiger partial charge is 0.200 e. The van der Waals surface area contributed by atoms with Crippen molar-refractivity contribution < 1.29 is 14.3 Å². The van der Waals surface area contributed by atoms with Crippen LogP contribution in [-0.4, -0.2) is 31.2 Å². The molecule has 0 spiro atoms. The lowest BCUT2D eigenvalue weighted by molar-refractivity contribution is 0.141. The Labute approximate surface area is 208 Å². The van der Waals surface area contributed by atoms with Crippen LogP contribution in [0.2, 0.25) is 0 Å². The quantitative estimate of drug-likeness (QED) is 0.150. The van der Waals surface area contributed by atoms with Crippen molar-refractivity contribution in [3.05, 3.63) is 91.9 Å². The van der Waals surface area contributed by atoms with E-state index in [1.54, 1.807) is 30.7 Å². The van der Waals surface area contributed by atoms with Crippen molar-refractivity contribution in [2.45, 2.75) is 26.3 Å². The Morgan fingerprint density at radius 3 is 2.49 bits per heavy atom. The summed E-state index contributed by atoms with van der Waals surface area (Å²) in [4.78, 5) is 18.8. The van der Waals surface area contributed by atoms with Gasteiger partial charge in [-0.25, -0.2) is 0 Å². The number of nitrogens with two attached hydrogens (primary N) is 1. The highest BCUT2D eigenvalue weighted by Crippen LogP contribution is 2.31. The molecule has 0 amide bonds. The van der Waals surface area contributed by atoms with Crippen LogP contribution in [0.5, 0.6) is 11.5 Å². The van der Waals surface area contributed by atoms with Crippen molar-refractivity contribution in [3.63, 3.8) is 0 Å². The zero-order chi connectivity index (χ0) is 24.8. The molecule has 0 bridgehead atoms. The van der Waals surface area contributed by atoms with Crippen LogP contribution in [0.3, 0.4) is 0 Å². The highest BCUT2D eigenvalue weighted by molar-refractivity contribution is 7.07. The summed E-state index contributed by atoms with van der Waals surface area (Å²) in [6, 6.07) is 13.8. The van der Waals surface area contributed by atoms with Crippen LogP contribution in [0.15, 0.2) is 69.4 Å². The Hall–Kier alpha value is -3.78. The third-order valence-corrected chi connectivity index (χ3v) is 6.51. The average molecular weight is 492 g/mol. The van der Waals surface area contributed by atoms with E-state index >= 15 is 0 Å². The molecule has 2 aromatic carbocycles. The Balaban J connectivity index is 1.68. The molecule has 0 fully saturated rings. The van der Waals surface area contributed by atoms with Crippen molar-refractivity contribution in [1.29, 1.82) is 0 Å². The zero-order valence-electron chi connectivity index (χ0n) is 20.1. The van der Waals surface area contributed by atoms with Gasteiger partial charge in [-0.1, -0.05) is 35.0 Å². The number of methoxy groups -OCH3 is 2. The van der Waals surface area contributed by atoms with Gasteiger partial charge in [0, 0.05) is 18.8 Å². The second-order valence-electron chi connectivity index (χ2n) is 8.25. The second kappa shape index (κ2) is 11.1. The summed E-state index contributed by atoms with van der Waals surface area (Å²) in [5.41, 5.74) is 10.5. The molecule has 2 heterocycles. The number of hydrogen-bond acceptors (Lipinski definition) is 6. The molecule has 0 aliphatic rings. The van der Waals surface area contributed by atoms with Crippen molar-refractivity contribution >= 4 is 28.1 Å². The number of thiophene rings is 1. The molecule has 4 rings (SSSR count). The molecule has 2 N–H and O–H groups in total. The number of benzene rings is 2. The third-order valence-electron chi connectivity index (χ3n) is 5.78. The Morgan fingerprint density at radius 1 is 1.06 bits per heavy atom. The van der Waals surface area contributed by atoms with Gasteiger partial charge in [-0.2, -0.15) is 11.3 Å². The number of aromatic nitrogens is 1. The Kier molecular flexibility index (Phi) is 7.72. The predicted octanol–water partition coefficient (Wildman–Crippen LogP) is 4.71. The fourth-order valence-corrected chi connectivity index (χ4v) is 4.56. The number of rotatable bonds is 10. The SMILES string of the molecule is COc1cc2c(=O)c(/C(N)=N/OCCCc3ccsc3)cn(Cc3ccc(C)cc3)c2cc1OC. The van der Waals surface area contributed by atoms with Gasteiger partial charge in [0.2, 0.25) is 5.43 Å². The Bertz CT molecular complexity index is 1380. The van der Waals surface area contributed by atoms with Crippen molar-refractivity contribution in [2.24, 2.45) is 10.9 Å². The van der Waals surface area contributed by atoms with E-state index < -0.39 is 0 Å². The van der Waals surface area contributed by atoms with E-state index in [0.29, 0.717) is 35.6 Å². The van der Waals surface area contributed by atoms with Gasteiger partial charge in [0.25, 0.3) is 0 Å². The number of nitrogens with zero attached hydrogens (tertiary/aromatic N) is 2. The van der Waals surface area contributed by atoms with Gasteiger partial charge >= 0.3 is 0 Å². The summed E-state index contributed by atoms with van der Waals surface area (Å²) < 4.78 is 12.9. The molecular formula is C27H29N3O4S. The van der Waals surface area contributed by atoms with E-state index in [-0.39, 0.29) is 16.8 Å². The molecule has 0 saturated carbocycles. The summed E-state index contributed by atoms with van der Waals surface area (Å²) in [5, 5.41) is 8.68. The largest absolute Gasteiger partial charge is 0.493 e. The number of pyridine rings is 1. The minimum Gasteiger partial charge on any atom is -0.493 e. The van der Waals surface area contributed by atoms with Crippen LogP contribution in [0.4, 0.5) is 0 Å². The van der Waals surface area contributed by atoms with Gasteiger partial charge < -0.3 is 24.6 Å². The third kappa shape index (κ3) is 5.66. The summed E-state index contributed by atoms with van der Waals surface area (Å²) in [6.07, 6.45) is 3.43. The first-order valence-electron chi connectivity index (χ1n) is 11.3. The minimum absolute atomic E-state index is 0.0416. The number of aryl methyl sites for hydroxylation is 2. The van der Waals surface area contributed by atoms with Gasteiger partial charge in [-0.3, -0.25) is 4.79 Å². The molecule has 2 aromatic heterocycles. The van der Waals surface area contributed by atoms with Crippen LogP contribution in [0.1, 0.15) is 28.7 Å². The number of fused-ring (bicyclic) bond motifs is 1. The zero-order valence-corrected chi connectivity index (χ0v) is 20.9. The average Bonchev–Trinajstić information content (AvgIpc) is 3.39. The molecular weight excluding hydrogens is 462 g/mol. The molecule has 0 radical (unpaired) electrons. The van der Waals surface area contributed by atoms with Gasteiger partial charge in [0.1, 0.15) is 6.61 Å². The van der Waals surface area contributed by atoms with Gasteiger partial charge in [0.05, 0.1) is 30.7 Å². The van der Waals surface area contributed by atoms with Crippen LogP contribution >= 0.6 is 11.3 Å². The van der Waals surface area contributed by atoms with Crippen molar-refractivity contribution in [3.8, 4) is 11.5 Å². The molecule has 0 aliphatic carbocycles. The number of ether oxygens (including phenoxy) is 2. The van der Waals surface area contributed by atoms with Crippen LogP contribution in [-0.2, 0) is 17.8 Å². The molecule has 0 saturated heterocycles. The van der Waals surface area contributed by atoms with E-state index in [0.717, 1.165) is 18.4 Å². The molecule has 7 nitrogen and oxygen atoms in total. The topological polar surface area (TPSA) is 88.1 Å². The lowest BCUT2D eigenvalue weighted by atomic mass is 10.1. The van der Waals surface area contributed by atoms with E-state index in [1.807, 2.05) is 17.6 Å². The monoisotopic (exact) mass is 491 g/mol. The van der Waals surface area contributed by atoms with Crippen LogP contribution < -0.4 is 20.6 Å². The maximum absolute atomic E-state index is 13.4. The summed E-state index contributed by atoms with van der Waals surface area (Å²) in [5.74, 6) is 1.05. The maximum atomic E-state index is 13.4. The van der Waals surface area contributed by atoms with E-state index in [1.165, 1.54) is 18.2 Å². The van der Waals surface area contributed by atoms with E-state index in [9.17, 15) is 4.79 Å². The van der Waals surface area contributed by atoms with E-state index in [4.69, 9.17) is 20.0 Å². The number of hydrogen-bond donors (Lipinski definition) is 1. The number of oxime groups is 1. The maximum Gasteiger partial charge on any atom is 0.200 e. The van der Waals surface area contributed by atoms with Crippen LogP contribution in [0, 0.1) is 6.92 Å². The molecule has 0 aliphatic heterocycles. The molecule has 8 heteroatoms. The first-order chi connectivity index (χ1) is 17.0. The highest BCUT2D eigenvalue weighted by Gasteiger charge is 2.17. The van der Waals surface area contributed by atoms with Crippen molar-refractivity contribution in [2.75, 3.05) is 20.8 Å². The molecule has 35 heavy (non-hydrogen) atoms. The fraction of sp³-hybridized carbons (Fsp3) is 0.259. The molecule has 182 valence electrons. The van der Waals surface area contributed by atoms with Gasteiger partial charge in [0.15, 0.2) is 17.3 Å². The number of amidine groups is 1. The van der Waals surface area contributed by atoms with Crippen molar-refractivity contribution in [1.82, 2.24) is 4.57 Å². The minimum atomic E-state index is -0.246.